The largest absolute Gasteiger partial charge is 0.490 e. The molecule has 0 amide bonds. The summed E-state index contributed by atoms with van der Waals surface area (Å²) < 4.78 is 11.1. The zero-order valence-electron chi connectivity index (χ0n) is 8.66. The average Bonchev–Trinajstić information content (AvgIpc) is 2.53. The van der Waals surface area contributed by atoms with Crippen molar-refractivity contribution in [3.63, 3.8) is 0 Å². The summed E-state index contributed by atoms with van der Waals surface area (Å²) in [7, 11) is 0. The highest BCUT2D eigenvalue weighted by atomic mass is 32.1. The van der Waals surface area contributed by atoms with Crippen LogP contribution in [-0.4, -0.2) is 18.3 Å². The zero-order valence-corrected chi connectivity index (χ0v) is 9.47. The molecule has 5 nitrogen and oxygen atoms in total. The van der Waals surface area contributed by atoms with Gasteiger partial charge >= 0.3 is 0 Å². The zero-order chi connectivity index (χ0) is 11.4. The summed E-state index contributed by atoms with van der Waals surface area (Å²) in [4.78, 5) is 0. The fourth-order valence-corrected chi connectivity index (χ4v) is 1.53. The van der Waals surface area contributed by atoms with E-state index in [1.54, 1.807) is 0 Å². The molecule has 0 aromatic heterocycles. The van der Waals surface area contributed by atoms with Gasteiger partial charge in [-0.15, -0.1) is 0 Å². The van der Waals surface area contributed by atoms with Gasteiger partial charge in [0.2, 0.25) is 0 Å². The van der Waals surface area contributed by atoms with Crippen LogP contribution in [0.3, 0.4) is 0 Å². The molecule has 0 aliphatic carbocycles. The first-order chi connectivity index (χ1) is 7.79. The number of hydrazine groups is 1. The lowest BCUT2D eigenvalue weighted by molar-refractivity contribution is 0.297. The molecule has 16 heavy (non-hydrogen) atoms. The molecule has 0 bridgehead atoms. The van der Waals surface area contributed by atoms with Crippen molar-refractivity contribution in [1.82, 2.24) is 5.43 Å². The Hall–Kier alpha value is -1.53. The van der Waals surface area contributed by atoms with Gasteiger partial charge < -0.3 is 20.2 Å². The number of nitrogens with two attached hydrogens (primary N) is 1. The maximum atomic E-state index is 5.54. The van der Waals surface area contributed by atoms with Crippen molar-refractivity contribution in [2.75, 3.05) is 18.5 Å². The summed E-state index contributed by atoms with van der Waals surface area (Å²) in [5.74, 6) is 6.66. The van der Waals surface area contributed by atoms with Crippen LogP contribution < -0.4 is 26.1 Å². The SMILES string of the molecule is NNC(=S)Nc1ccc2c(c1)OCCCO2. The minimum Gasteiger partial charge on any atom is -0.490 e. The lowest BCUT2D eigenvalue weighted by Crippen LogP contribution is -2.34. The molecule has 0 saturated carbocycles. The smallest absolute Gasteiger partial charge is 0.185 e. The van der Waals surface area contributed by atoms with E-state index in [0.29, 0.717) is 18.3 Å². The van der Waals surface area contributed by atoms with Crippen molar-refractivity contribution in [3.05, 3.63) is 18.2 Å². The molecular weight excluding hydrogens is 226 g/mol. The van der Waals surface area contributed by atoms with E-state index in [2.05, 4.69) is 10.7 Å². The van der Waals surface area contributed by atoms with Gasteiger partial charge in [-0.3, -0.25) is 0 Å². The Labute approximate surface area is 98.9 Å². The highest BCUT2D eigenvalue weighted by Gasteiger charge is 2.10. The Balaban J connectivity index is 2.17. The third kappa shape index (κ3) is 2.53. The minimum atomic E-state index is 0.356. The molecule has 0 unspecified atom stereocenters. The van der Waals surface area contributed by atoms with Crippen molar-refractivity contribution in [2.24, 2.45) is 5.84 Å². The fourth-order valence-electron chi connectivity index (χ4n) is 1.41. The molecule has 0 atom stereocenters. The summed E-state index contributed by atoms with van der Waals surface area (Å²) in [6, 6.07) is 5.55. The van der Waals surface area contributed by atoms with Crippen LogP contribution in [0.4, 0.5) is 5.69 Å². The molecule has 1 aromatic carbocycles. The summed E-state index contributed by atoms with van der Waals surface area (Å²) in [6.07, 6.45) is 0.889. The molecule has 1 aliphatic heterocycles. The van der Waals surface area contributed by atoms with Gasteiger partial charge in [0.05, 0.1) is 13.2 Å². The van der Waals surface area contributed by atoms with Crippen LogP contribution in [0.25, 0.3) is 0 Å². The van der Waals surface area contributed by atoms with Gasteiger partial charge in [0.25, 0.3) is 0 Å². The number of hydrogen-bond donors (Lipinski definition) is 3. The van der Waals surface area contributed by atoms with Gasteiger partial charge in [-0.25, -0.2) is 5.84 Å². The van der Waals surface area contributed by atoms with E-state index >= 15 is 0 Å². The number of benzene rings is 1. The van der Waals surface area contributed by atoms with Crippen LogP contribution in [0.2, 0.25) is 0 Å². The standard InChI is InChI=1S/C10H13N3O2S/c11-13-10(16)12-7-2-3-8-9(6-7)15-5-1-4-14-8/h2-3,6H,1,4-5,11H2,(H2,12,13,16). The topological polar surface area (TPSA) is 68.5 Å². The number of rotatable bonds is 1. The van der Waals surface area contributed by atoms with Gasteiger partial charge in [-0.1, -0.05) is 0 Å². The Morgan fingerprint density at radius 2 is 2.00 bits per heavy atom. The van der Waals surface area contributed by atoms with Crippen LogP contribution in [0.15, 0.2) is 18.2 Å². The number of nitrogens with one attached hydrogen (secondary N) is 2. The van der Waals surface area contributed by atoms with E-state index in [0.717, 1.165) is 23.6 Å². The van der Waals surface area contributed by atoms with Crippen LogP contribution in [0.5, 0.6) is 11.5 Å². The molecule has 1 aromatic rings. The second kappa shape index (κ2) is 5.00. The molecule has 1 heterocycles. The first-order valence-corrected chi connectivity index (χ1v) is 5.37. The average molecular weight is 239 g/mol. The Bertz CT molecular complexity index is 398. The van der Waals surface area contributed by atoms with Crippen LogP contribution in [0.1, 0.15) is 6.42 Å². The molecular formula is C10H13N3O2S. The summed E-state index contributed by atoms with van der Waals surface area (Å²) in [6.45, 7) is 1.35. The van der Waals surface area contributed by atoms with Crippen molar-refractivity contribution >= 4 is 23.0 Å². The maximum absolute atomic E-state index is 5.54. The maximum Gasteiger partial charge on any atom is 0.185 e. The van der Waals surface area contributed by atoms with Gasteiger partial charge in [0.1, 0.15) is 0 Å². The van der Waals surface area contributed by atoms with Gasteiger partial charge in [-0.05, 0) is 24.4 Å². The molecule has 86 valence electrons. The van der Waals surface area contributed by atoms with Crippen LogP contribution in [0, 0.1) is 0 Å². The number of anilines is 1. The number of hydrogen-bond acceptors (Lipinski definition) is 4. The Morgan fingerprint density at radius 1 is 1.25 bits per heavy atom. The van der Waals surface area contributed by atoms with Crippen molar-refractivity contribution in [1.29, 1.82) is 0 Å². The van der Waals surface area contributed by atoms with E-state index in [1.807, 2.05) is 18.2 Å². The number of thiocarbonyl (C=S) groups is 1. The molecule has 0 radical (unpaired) electrons. The second-order valence-corrected chi connectivity index (χ2v) is 3.72. The molecule has 2 rings (SSSR count). The minimum absolute atomic E-state index is 0.356. The fraction of sp³-hybridized carbons (Fsp3) is 0.300. The van der Waals surface area contributed by atoms with Crippen molar-refractivity contribution < 1.29 is 9.47 Å². The molecule has 0 fully saturated rings. The summed E-state index contributed by atoms with van der Waals surface area (Å²) >= 11 is 4.90. The molecule has 6 heteroatoms. The lowest BCUT2D eigenvalue weighted by atomic mass is 10.3. The second-order valence-electron chi connectivity index (χ2n) is 3.31. The summed E-state index contributed by atoms with van der Waals surface area (Å²) in [5.41, 5.74) is 3.17. The van der Waals surface area contributed by atoms with E-state index in [9.17, 15) is 0 Å². The third-order valence-corrected chi connectivity index (χ3v) is 2.36. The molecule has 1 aliphatic rings. The quantitative estimate of drug-likeness (QED) is 0.386. The van der Waals surface area contributed by atoms with Crippen LogP contribution >= 0.6 is 12.2 Å². The first-order valence-electron chi connectivity index (χ1n) is 4.97. The van der Waals surface area contributed by atoms with Gasteiger partial charge in [0.15, 0.2) is 16.6 Å². The monoisotopic (exact) mass is 239 g/mol. The lowest BCUT2D eigenvalue weighted by Gasteiger charge is -2.11. The van der Waals surface area contributed by atoms with E-state index < -0.39 is 0 Å². The Kier molecular flexibility index (Phi) is 3.43. The summed E-state index contributed by atoms with van der Waals surface area (Å²) in [5, 5.41) is 3.28. The Morgan fingerprint density at radius 3 is 2.75 bits per heavy atom. The van der Waals surface area contributed by atoms with E-state index in [4.69, 9.17) is 27.5 Å². The highest BCUT2D eigenvalue weighted by molar-refractivity contribution is 7.80. The molecule has 0 spiro atoms. The van der Waals surface area contributed by atoms with Crippen molar-refractivity contribution in [2.45, 2.75) is 6.42 Å². The number of fused-ring (bicyclic) bond motifs is 1. The van der Waals surface area contributed by atoms with Crippen molar-refractivity contribution in [3.8, 4) is 11.5 Å². The predicted molar refractivity (Wildman–Crippen MR) is 65.6 cm³/mol. The third-order valence-electron chi connectivity index (χ3n) is 2.14. The van der Waals surface area contributed by atoms with Crippen LogP contribution in [-0.2, 0) is 0 Å². The van der Waals surface area contributed by atoms with Gasteiger partial charge in [-0.2, -0.15) is 0 Å². The molecule has 0 saturated heterocycles. The number of ether oxygens (including phenoxy) is 2. The molecule has 4 N–H and O–H groups in total. The van der Waals surface area contributed by atoms with Gasteiger partial charge in [0, 0.05) is 18.2 Å². The normalized spacial score (nSPS) is 13.8. The van der Waals surface area contributed by atoms with E-state index in [1.165, 1.54) is 0 Å². The highest BCUT2D eigenvalue weighted by Crippen LogP contribution is 2.32. The van der Waals surface area contributed by atoms with E-state index in [-0.39, 0.29) is 0 Å². The predicted octanol–water partition coefficient (Wildman–Crippen LogP) is 1.01. The first kappa shape index (κ1) is 11.0.